The Morgan fingerprint density at radius 3 is 2.57 bits per heavy atom. The first-order valence-electron chi connectivity index (χ1n) is 4.94. The van der Waals surface area contributed by atoms with E-state index in [4.69, 9.17) is 0 Å². The molecule has 2 aromatic rings. The minimum absolute atomic E-state index is 0.195. The lowest BCUT2D eigenvalue weighted by atomic mass is 9.87. The number of benzene rings is 1. The van der Waals surface area contributed by atoms with Crippen molar-refractivity contribution in [2.24, 2.45) is 0 Å². The Labute approximate surface area is 84.4 Å². The van der Waals surface area contributed by atoms with Crippen LogP contribution in [0.25, 0.3) is 11.0 Å². The minimum atomic E-state index is 0.195. The molecule has 74 valence electrons. The average molecular weight is 188 g/mol. The third kappa shape index (κ3) is 1.52. The molecule has 0 radical (unpaired) electrons. The number of rotatable bonds is 0. The van der Waals surface area contributed by atoms with Gasteiger partial charge < -0.3 is 4.98 Å². The second kappa shape index (κ2) is 2.84. The fourth-order valence-electron chi connectivity index (χ4n) is 1.60. The van der Waals surface area contributed by atoms with Gasteiger partial charge in [-0.1, -0.05) is 26.8 Å². The first-order valence-corrected chi connectivity index (χ1v) is 4.94. The second-order valence-corrected chi connectivity index (χ2v) is 4.80. The Morgan fingerprint density at radius 1 is 1.21 bits per heavy atom. The summed E-state index contributed by atoms with van der Waals surface area (Å²) in [6, 6.07) is 6.44. The molecule has 0 unspecified atom stereocenters. The summed E-state index contributed by atoms with van der Waals surface area (Å²) in [5, 5.41) is 0. The number of aromatic amines is 1. The number of nitrogens with zero attached hydrogens (tertiary/aromatic N) is 1. The van der Waals surface area contributed by atoms with Crippen LogP contribution in [0.2, 0.25) is 0 Å². The van der Waals surface area contributed by atoms with Crippen molar-refractivity contribution in [1.29, 1.82) is 0 Å². The second-order valence-electron chi connectivity index (χ2n) is 4.80. The highest BCUT2D eigenvalue weighted by Crippen LogP contribution is 2.24. The highest BCUT2D eigenvalue weighted by atomic mass is 14.9. The van der Waals surface area contributed by atoms with Crippen molar-refractivity contribution in [2.75, 3.05) is 0 Å². The Balaban J connectivity index is 2.62. The van der Waals surface area contributed by atoms with Gasteiger partial charge in [0.1, 0.15) is 5.82 Å². The van der Waals surface area contributed by atoms with Crippen molar-refractivity contribution in [1.82, 2.24) is 9.97 Å². The molecule has 1 aromatic carbocycles. The van der Waals surface area contributed by atoms with E-state index in [9.17, 15) is 0 Å². The van der Waals surface area contributed by atoms with Crippen LogP contribution >= 0.6 is 0 Å². The average Bonchev–Trinajstić information content (AvgIpc) is 2.41. The van der Waals surface area contributed by atoms with Gasteiger partial charge in [-0.3, -0.25) is 0 Å². The van der Waals surface area contributed by atoms with Crippen molar-refractivity contribution >= 4 is 11.0 Å². The molecule has 0 bridgehead atoms. The third-order valence-corrected chi connectivity index (χ3v) is 2.47. The Morgan fingerprint density at radius 2 is 1.93 bits per heavy atom. The smallest absolute Gasteiger partial charge is 0.104 e. The van der Waals surface area contributed by atoms with Crippen LogP contribution in [0.5, 0.6) is 0 Å². The van der Waals surface area contributed by atoms with Gasteiger partial charge in [-0.05, 0) is 30.0 Å². The Hall–Kier alpha value is -1.31. The van der Waals surface area contributed by atoms with Crippen LogP contribution in [0.15, 0.2) is 18.2 Å². The zero-order chi connectivity index (χ0) is 10.3. The van der Waals surface area contributed by atoms with Crippen LogP contribution < -0.4 is 0 Å². The van der Waals surface area contributed by atoms with Crippen LogP contribution in [-0.2, 0) is 5.41 Å². The number of hydrogen-bond donors (Lipinski definition) is 1. The van der Waals surface area contributed by atoms with Gasteiger partial charge in [0, 0.05) is 0 Å². The molecule has 0 amide bonds. The maximum Gasteiger partial charge on any atom is 0.104 e. The van der Waals surface area contributed by atoms with E-state index in [1.54, 1.807) is 0 Å². The predicted molar refractivity (Wildman–Crippen MR) is 59.5 cm³/mol. The first-order chi connectivity index (χ1) is 6.47. The van der Waals surface area contributed by atoms with E-state index < -0.39 is 0 Å². The quantitative estimate of drug-likeness (QED) is 0.676. The summed E-state index contributed by atoms with van der Waals surface area (Å²) in [7, 11) is 0. The van der Waals surface area contributed by atoms with Crippen LogP contribution in [0.1, 0.15) is 32.2 Å². The van der Waals surface area contributed by atoms with E-state index in [0.29, 0.717) is 0 Å². The van der Waals surface area contributed by atoms with Gasteiger partial charge in [0.25, 0.3) is 0 Å². The molecule has 1 aromatic heterocycles. The molecule has 2 rings (SSSR count). The summed E-state index contributed by atoms with van der Waals surface area (Å²) in [5.41, 5.74) is 3.71. The maximum absolute atomic E-state index is 4.43. The minimum Gasteiger partial charge on any atom is -0.342 e. The standard InChI is InChI=1S/C12H16N2/c1-8-13-10-6-5-9(12(2,3)4)7-11(10)14-8/h5-7H,1-4H3,(H,13,14). The monoisotopic (exact) mass is 188 g/mol. The van der Waals surface area contributed by atoms with Gasteiger partial charge in [0.15, 0.2) is 0 Å². The number of fused-ring (bicyclic) bond motifs is 1. The molecule has 0 saturated carbocycles. The van der Waals surface area contributed by atoms with Crippen LogP contribution in [0.3, 0.4) is 0 Å². The SMILES string of the molecule is Cc1nc2cc(C(C)(C)C)ccc2[nH]1. The molecule has 0 atom stereocenters. The molecule has 0 spiro atoms. The number of aryl methyl sites for hydroxylation is 1. The summed E-state index contributed by atoms with van der Waals surface area (Å²) in [6.45, 7) is 8.63. The number of H-pyrrole nitrogens is 1. The molecule has 1 N–H and O–H groups in total. The first kappa shape index (κ1) is 9.25. The van der Waals surface area contributed by atoms with Gasteiger partial charge in [-0.2, -0.15) is 0 Å². The van der Waals surface area contributed by atoms with Gasteiger partial charge in [-0.25, -0.2) is 4.98 Å². The lowest BCUT2D eigenvalue weighted by molar-refractivity contribution is 0.591. The molecule has 0 aliphatic rings. The zero-order valence-corrected chi connectivity index (χ0v) is 9.18. The van der Waals surface area contributed by atoms with Crippen molar-refractivity contribution in [2.45, 2.75) is 33.1 Å². The summed E-state index contributed by atoms with van der Waals surface area (Å²) in [5.74, 6) is 0.978. The summed E-state index contributed by atoms with van der Waals surface area (Å²) in [6.07, 6.45) is 0. The molecule has 0 aliphatic carbocycles. The lowest BCUT2D eigenvalue weighted by Crippen LogP contribution is -2.10. The third-order valence-electron chi connectivity index (χ3n) is 2.47. The van der Waals surface area contributed by atoms with Gasteiger partial charge in [-0.15, -0.1) is 0 Å². The molecule has 0 saturated heterocycles. The fourth-order valence-corrected chi connectivity index (χ4v) is 1.60. The van der Waals surface area contributed by atoms with Crippen molar-refractivity contribution in [3.63, 3.8) is 0 Å². The highest BCUT2D eigenvalue weighted by Gasteiger charge is 2.14. The highest BCUT2D eigenvalue weighted by molar-refractivity contribution is 5.76. The van der Waals surface area contributed by atoms with E-state index in [1.807, 2.05) is 6.92 Å². The maximum atomic E-state index is 4.43. The van der Waals surface area contributed by atoms with E-state index in [-0.39, 0.29) is 5.41 Å². The predicted octanol–water partition coefficient (Wildman–Crippen LogP) is 3.17. The Kier molecular flexibility index (Phi) is 1.88. The summed E-state index contributed by atoms with van der Waals surface area (Å²) in [4.78, 5) is 7.66. The largest absolute Gasteiger partial charge is 0.342 e. The van der Waals surface area contributed by atoms with E-state index in [0.717, 1.165) is 16.9 Å². The van der Waals surface area contributed by atoms with Gasteiger partial charge in [0.05, 0.1) is 11.0 Å². The number of nitrogens with one attached hydrogen (secondary N) is 1. The van der Waals surface area contributed by atoms with Crippen LogP contribution in [-0.4, -0.2) is 9.97 Å². The molecule has 0 aliphatic heterocycles. The van der Waals surface area contributed by atoms with E-state index >= 15 is 0 Å². The lowest BCUT2D eigenvalue weighted by Gasteiger charge is -2.18. The molecule has 0 fully saturated rings. The molecule has 2 nitrogen and oxygen atoms in total. The number of hydrogen-bond acceptors (Lipinski definition) is 1. The summed E-state index contributed by atoms with van der Waals surface area (Å²) >= 11 is 0. The van der Waals surface area contributed by atoms with Crippen molar-refractivity contribution in [3.8, 4) is 0 Å². The van der Waals surface area contributed by atoms with Crippen molar-refractivity contribution in [3.05, 3.63) is 29.6 Å². The van der Waals surface area contributed by atoms with Crippen LogP contribution in [0, 0.1) is 6.92 Å². The summed E-state index contributed by atoms with van der Waals surface area (Å²) < 4.78 is 0. The molecule has 2 heteroatoms. The molecular formula is C12H16N2. The molecular weight excluding hydrogens is 172 g/mol. The number of imidazole rings is 1. The van der Waals surface area contributed by atoms with E-state index in [1.165, 1.54) is 5.56 Å². The number of aromatic nitrogens is 2. The fraction of sp³-hybridized carbons (Fsp3) is 0.417. The van der Waals surface area contributed by atoms with Crippen LogP contribution in [0.4, 0.5) is 0 Å². The molecule has 1 heterocycles. The van der Waals surface area contributed by atoms with Gasteiger partial charge >= 0.3 is 0 Å². The Bertz CT molecular complexity index is 461. The molecule has 14 heavy (non-hydrogen) atoms. The van der Waals surface area contributed by atoms with E-state index in [2.05, 4.69) is 48.9 Å². The topological polar surface area (TPSA) is 28.7 Å². The normalized spacial score (nSPS) is 12.3. The van der Waals surface area contributed by atoms with Gasteiger partial charge in [0.2, 0.25) is 0 Å². The van der Waals surface area contributed by atoms with Crippen molar-refractivity contribution < 1.29 is 0 Å². The zero-order valence-electron chi connectivity index (χ0n) is 9.18.